The lowest BCUT2D eigenvalue weighted by molar-refractivity contribution is -0.131. The molecule has 0 radical (unpaired) electrons. The van der Waals surface area contributed by atoms with E-state index in [0.717, 1.165) is 55.6 Å². The van der Waals surface area contributed by atoms with Gasteiger partial charge in [0.2, 0.25) is 0 Å². The lowest BCUT2D eigenvalue weighted by atomic mass is 9.61. The number of rotatable bonds is 4. The van der Waals surface area contributed by atoms with Crippen molar-refractivity contribution in [1.82, 2.24) is 10.6 Å². The predicted molar refractivity (Wildman–Crippen MR) is 98.4 cm³/mol. The van der Waals surface area contributed by atoms with E-state index in [4.69, 9.17) is 9.47 Å². The first-order valence-corrected chi connectivity index (χ1v) is 9.99. The van der Waals surface area contributed by atoms with Crippen LogP contribution >= 0.6 is 0 Å². The van der Waals surface area contributed by atoms with Gasteiger partial charge in [-0.1, -0.05) is 6.07 Å². The Morgan fingerprint density at radius 1 is 1.15 bits per heavy atom. The van der Waals surface area contributed by atoms with Crippen LogP contribution < -0.4 is 15.4 Å². The summed E-state index contributed by atoms with van der Waals surface area (Å²) >= 11 is 0. The Balaban J connectivity index is 1.54. The van der Waals surface area contributed by atoms with Crippen molar-refractivity contribution in [2.45, 2.75) is 56.6 Å². The standard InChI is InChI=1S/C21H26N2O4/c1-26-15-6-8-20(9-7-15)11-14-4-5-16(27-12-13-2-3-13)10-17(14)21(20)18(24)22-19(25)23-21/h4-5,10,13,15H,2-3,6-9,11-12H2,1H3,(H2,22,23,24,25). The van der Waals surface area contributed by atoms with Crippen LogP contribution in [0.5, 0.6) is 5.75 Å². The normalized spacial score (nSPS) is 34.6. The summed E-state index contributed by atoms with van der Waals surface area (Å²) < 4.78 is 11.5. The maximum absolute atomic E-state index is 13.1. The van der Waals surface area contributed by atoms with Gasteiger partial charge in [0.05, 0.1) is 12.7 Å². The van der Waals surface area contributed by atoms with Crippen LogP contribution in [0.3, 0.4) is 0 Å². The lowest BCUT2D eigenvalue weighted by Crippen LogP contribution is -2.56. The fourth-order valence-electron chi connectivity index (χ4n) is 5.38. The molecule has 3 fully saturated rings. The molecule has 4 aliphatic rings. The Bertz CT molecular complexity index is 795. The third kappa shape index (κ3) is 2.49. The topological polar surface area (TPSA) is 76.7 Å². The van der Waals surface area contributed by atoms with Crippen LogP contribution in [0.4, 0.5) is 4.79 Å². The number of carbonyl (C=O) groups is 2. The second-order valence-electron chi connectivity index (χ2n) is 8.62. The van der Waals surface area contributed by atoms with Gasteiger partial charge in [0.15, 0.2) is 5.54 Å². The van der Waals surface area contributed by atoms with Gasteiger partial charge in [0.25, 0.3) is 5.91 Å². The maximum Gasteiger partial charge on any atom is 0.322 e. The molecule has 0 bridgehead atoms. The highest BCUT2D eigenvalue weighted by molar-refractivity contribution is 6.08. The summed E-state index contributed by atoms with van der Waals surface area (Å²) in [6.45, 7) is 0.727. The molecule has 5 rings (SSSR count). The summed E-state index contributed by atoms with van der Waals surface area (Å²) in [7, 11) is 1.75. The fourth-order valence-corrected chi connectivity index (χ4v) is 5.38. The third-order valence-electron chi connectivity index (χ3n) is 7.08. The maximum atomic E-state index is 13.1. The van der Waals surface area contributed by atoms with E-state index in [9.17, 15) is 9.59 Å². The van der Waals surface area contributed by atoms with Gasteiger partial charge in [-0.2, -0.15) is 0 Å². The number of imide groups is 1. The number of nitrogens with one attached hydrogen (secondary N) is 2. The van der Waals surface area contributed by atoms with E-state index in [2.05, 4.69) is 16.7 Å². The summed E-state index contributed by atoms with van der Waals surface area (Å²) in [5.74, 6) is 1.23. The second kappa shape index (κ2) is 5.96. The molecule has 0 aromatic heterocycles. The van der Waals surface area contributed by atoms with Gasteiger partial charge in [-0.3, -0.25) is 10.1 Å². The largest absolute Gasteiger partial charge is 0.493 e. The zero-order valence-electron chi connectivity index (χ0n) is 15.7. The Kier molecular flexibility index (Phi) is 3.76. The Morgan fingerprint density at radius 3 is 2.56 bits per heavy atom. The molecule has 144 valence electrons. The number of benzene rings is 1. The van der Waals surface area contributed by atoms with Crippen molar-refractivity contribution in [2.75, 3.05) is 13.7 Å². The molecular formula is C21H26N2O4. The highest BCUT2D eigenvalue weighted by Gasteiger charge is 2.66. The van der Waals surface area contributed by atoms with Gasteiger partial charge in [-0.25, -0.2) is 4.79 Å². The van der Waals surface area contributed by atoms with E-state index in [1.54, 1.807) is 7.11 Å². The first kappa shape index (κ1) is 17.0. The average Bonchev–Trinajstić information content (AvgIpc) is 3.40. The van der Waals surface area contributed by atoms with Gasteiger partial charge < -0.3 is 14.8 Å². The van der Waals surface area contributed by atoms with Crippen molar-refractivity contribution in [1.29, 1.82) is 0 Å². The van der Waals surface area contributed by atoms with Gasteiger partial charge in [-0.05, 0) is 74.1 Å². The fraction of sp³-hybridized carbons (Fsp3) is 0.619. The smallest absolute Gasteiger partial charge is 0.322 e. The number of methoxy groups -OCH3 is 1. The number of amides is 3. The highest BCUT2D eigenvalue weighted by atomic mass is 16.5. The third-order valence-corrected chi connectivity index (χ3v) is 7.08. The molecule has 1 aromatic rings. The molecule has 2 N–H and O–H groups in total. The molecule has 2 spiro atoms. The number of hydrogen-bond donors (Lipinski definition) is 2. The van der Waals surface area contributed by atoms with E-state index in [-0.39, 0.29) is 17.4 Å². The molecule has 3 amide bonds. The molecule has 1 aliphatic heterocycles. The molecule has 3 aliphatic carbocycles. The predicted octanol–water partition coefficient (Wildman–Crippen LogP) is 2.64. The molecule has 6 heteroatoms. The van der Waals surface area contributed by atoms with E-state index in [0.29, 0.717) is 5.92 Å². The van der Waals surface area contributed by atoms with Crippen molar-refractivity contribution in [3.63, 3.8) is 0 Å². The molecule has 1 atom stereocenters. The van der Waals surface area contributed by atoms with Crippen LogP contribution in [0.25, 0.3) is 0 Å². The minimum atomic E-state index is -0.989. The molecule has 2 saturated carbocycles. The minimum Gasteiger partial charge on any atom is -0.493 e. The molecule has 1 unspecified atom stereocenters. The molecule has 27 heavy (non-hydrogen) atoms. The SMILES string of the molecule is COC1CCC2(CC1)Cc1ccc(OCC3CC3)cc1C21NC(=O)NC1=O. The molecule has 1 aromatic carbocycles. The van der Waals surface area contributed by atoms with E-state index < -0.39 is 11.6 Å². The first-order valence-electron chi connectivity index (χ1n) is 9.99. The zero-order valence-corrected chi connectivity index (χ0v) is 15.7. The van der Waals surface area contributed by atoms with Crippen molar-refractivity contribution in [3.05, 3.63) is 29.3 Å². The summed E-state index contributed by atoms with van der Waals surface area (Å²) in [4.78, 5) is 25.3. The number of ether oxygens (including phenoxy) is 2. The Labute approximate surface area is 159 Å². The van der Waals surface area contributed by atoms with Crippen LogP contribution in [0, 0.1) is 11.3 Å². The van der Waals surface area contributed by atoms with E-state index in [1.807, 2.05) is 12.1 Å². The van der Waals surface area contributed by atoms with Crippen LogP contribution in [-0.2, 0) is 21.5 Å². The molecular weight excluding hydrogens is 344 g/mol. The summed E-state index contributed by atoms with van der Waals surface area (Å²) in [6, 6.07) is 5.67. The summed E-state index contributed by atoms with van der Waals surface area (Å²) in [5.41, 5.74) is 0.768. The van der Waals surface area contributed by atoms with Crippen LogP contribution in [-0.4, -0.2) is 31.8 Å². The number of urea groups is 1. The Morgan fingerprint density at radius 2 is 1.93 bits per heavy atom. The van der Waals surface area contributed by atoms with Gasteiger partial charge >= 0.3 is 6.03 Å². The monoisotopic (exact) mass is 370 g/mol. The first-order chi connectivity index (χ1) is 13.1. The summed E-state index contributed by atoms with van der Waals surface area (Å²) in [6.07, 6.45) is 7.01. The zero-order chi connectivity index (χ0) is 18.6. The van der Waals surface area contributed by atoms with Crippen molar-refractivity contribution in [3.8, 4) is 5.75 Å². The van der Waals surface area contributed by atoms with E-state index >= 15 is 0 Å². The summed E-state index contributed by atoms with van der Waals surface area (Å²) in [5, 5.41) is 5.54. The number of carbonyl (C=O) groups excluding carboxylic acids is 2. The van der Waals surface area contributed by atoms with Crippen LogP contribution in [0.15, 0.2) is 18.2 Å². The number of fused-ring (bicyclic) bond motifs is 3. The molecule has 1 heterocycles. The second-order valence-corrected chi connectivity index (χ2v) is 8.62. The molecule has 1 saturated heterocycles. The van der Waals surface area contributed by atoms with Crippen molar-refractivity contribution in [2.24, 2.45) is 11.3 Å². The molecule has 6 nitrogen and oxygen atoms in total. The van der Waals surface area contributed by atoms with Crippen molar-refractivity contribution >= 4 is 11.9 Å². The quantitative estimate of drug-likeness (QED) is 0.799. The van der Waals surface area contributed by atoms with Gasteiger partial charge in [0.1, 0.15) is 5.75 Å². The van der Waals surface area contributed by atoms with Gasteiger partial charge in [0, 0.05) is 12.5 Å². The van der Waals surface area contributed by atoms with Crippen molar-refractivity contribution < 1.29 is 19.1 Å². The van der Waals surface area contributed by atoms with Gasteiger partial charge in [-0.15, -0.1) is 0 Å². The minimum absolute atomic E-state index is 0.221. The van der Waals surface area contributed by atoms with Crippen LogP contribution in [0.1, 0.15) is 49.7 Å². The van der Waals surface area contributed by atoms with Crippen LogP contribution in [0.2, 0.25) is 0 Å². The van der Waals surface area contributed by atoms with E-state index in [1.165, 1.54) is 12.8 Å². The Hall–Kier alpha value is -2.08. The number of hydrogen-bond acceptors (Lipinski definition) is 4. The lowest BCUT2D eigenvalue weighted by Gasteiger charge is -2.46. The highest BCUT2D eigenvalue weighted by Crippen LogP contribution is 2.59. The average molecular weight is 370 g/mol.